The number of aromatic nitrogens is 2. The summed E-state index contributed by atoms with van der Waals surface area (Å²) in [6.07, 6.45) is 1.91. The van der Waals surface area contributed by atoms with E-state index in [4.69, 9.17) is 0 Å². The molecule has 0 spiro atoms. The van der Waals surface area contributed by atoms with Gasteiger partial charge >= 0.3 is 0 Å². The Bertz CT molecular complexity index is 564. The van der Waals surface area contributed by atoms with Crippen molar-refractivity contribution in [2.45, 2.75) is 27.3 Å². The fourth-order valence-corrected chi connectivity index (χ4v) is 2.00. The third kappa shape index (κ3) is 2.49. The van der Waals surface area contributed by atoms with Crippen molar-refractivity contribution in [1.82, 2.24) is 9.78 Å². The van der Waals surface area contributed by atoms with E-state index in [9.17, 15) is 4.79 Å². The summed E-state index contributed by atoms with van der Waals surface area (Å²) in [5.41, 5.74) is 2.88. The number of aryl methyl sites for hydroxylation is 1. The molecule has 0 fully saturated rings. The highest BCUT2D eigenvalue weighted by atomic mass is 16.1. The standard InChI is InChI=1S/C14H18N2O/c1-10(2)8-16-9-13(14(17)15-16)12-7-5-4-6-11(12)3/h4-7,9-10H,8H2,1-3H3,(H,15,17). The van der Waals surface area contributed by atoms with Gasteiger partial charge < -0.3 is 0 Å². The molecule has 1 heterocycles. The van der Waals surface area contributed by atoms with Crippen molar-refractivity contribution in [3.63, 3.8) is 0 Å². The molecule has 0 aliphatic heterocycles. The van der Waals surface area contributed by atoms with Crippen molar-refractivity contribution in [2.75, 3.05) is 0 Å². The molecule has 1 aromatic carbocycles. The molecule has 90 valence electrons. The second-order valence-corrected chi connectivity index (χ2v) is 4.84. The highest BCUT2D eigenvalue weighted by Crippen LogP contribution is 2.19. The maximum atomic E-state index is 11.9. The maximum absolute atomic E-state index is 11.9. The first kappa shape index (κ1) is 11.7. The number of H-pyrrole nitrogens is 1. The Morgan fingerprint density at radius 2 is 1.94 bits per heavy atom. The van der Waals surface area contributed by atoms with E-state index in [1.165, 1.54) is 0 Å². The summed E-state index contributed by atoms with van der Waals surface area (Å²) in [5.74, 6) is 0.516. The molecule has 0 atom stereocenters. The Labute approximate surface area is 101 Å². The van der Waals surface area contributed by atoms with Gasteiger partial charge in [-0.05, 0) is 24.0 Å². The van der Waals surface area contributed by atoms with Crippen molar-refractivity contribution in [3.8, 4) is 11.1 Å². The highest BCUT2D eigenvalue weighted by Gasteiger charge is 2.09. The van der Waals surface area contributed by atoms with Gasteiger partial charge in [-0.1, -0.05) is 38.1 Å². The molecule has 0 aliphatic rings. The van der Waals surface area contributed by atoms with E-state index in [0.717, 1.165) is 23.2 Å². The van der Waals surface area contributed by atoms with Gasteiger partial charge in [-0.2, -0.15) is 0 Å². The van der Waals surface area contributed by atoms with Gasteiger partial charge in [0.1, 0.15) is 0 Å². The summed E-state index contributed by atoms with van der Waals surface area (Å²) in [4.78, 5) is 11.9. The van der Waals surface area contributed by atoms with Gasteiger partial charge in [-0.3, -0.25) is 14.6 Å². The summed E-state index contributed by atoms with van der Waals surface area (Å²) in [7, 11) is 0. The van der Waals surface area contributed by atoms with E-state index >= 15 is 0 Å². The van der Waals surface area contributed by atoms with Crippen molar-refractivity contribution < 1.29 is 0 Å². The average Bonchev–Trinajstić information content (AvgIpc) is 2.59. The molecule has 2 aromatic rings. The average molecular weight is 230 g/mol. The number of benzene rings is 1. The third-order valence-corrected chi connectivity index (χ3v) is 2.77. The number of aromatic amines is 1. The van der Waals surface area contributed by atoms with Gasteiger partial charge in [0.15, 0.2) is 0 Å². The van der Waals surface area contributed by atoms with Crippen LogP contribution in [0.15, 0.2) is 35.3 Å². The molecule has 2 rings (SSSR count). The fraction of sp³-hybridized carbons (Fsp3) is 0.357. The van der Waals surface area contributed by atoms with Crippen molar-refractivity contribution in [1.29, 1.82) is 0 Å². The lowest BCUT2D eigenvalue weighted by atomic mass is 10.0. The zero-order valence-corrected chi connectivity index (χ0v) is 10.5. The van der Waals surface area contributed by atoms with Crippen LogP contribution < -0.4 is 5.56 Å². The topological polar surface area (TPSA) is 37.8 Å². The number of hydrogen-bond acceptors (Lipinski definition) is 1. The van der Waals surface area contributed by atoms with Crippen LogP contribution in [-0.4, -0.2) is 9.78 Å². The van der Waals surface area contributed by atoms with Crippen LogP contribution in [0.25, 0.3) is 11.1 Å². The van der Waals surface area contributed by atoms with Crippen LogP contribution >= 0.6 is 0 Å². The molecule has 0 aliphatic carbocycles. The van der Waals surface area contributed by atoms with Gasteiger partial charge in [-0.15, -0.1) is 0 Å². The Morgan fingerprint density at radius 3 is 2.59 bits per heavy atom. The van der Waals surface area contributed by atoms with Gasteiger partial charge in [0.25, 0.3) is 5.56 Å². The zero-order chi connectivity index (χ0) is 12.4. The molecule has 17 heavy (non-hydrogen) atoms. The zero-order valence-electron chi connectivity index (χ0n) is 10.5. The number of hydrogen-bond donors (Lipinski definition) is 1. The summed E-state index contributed by atoms with van der Waals surface area (Å²) in [6.45, 7) is 7.12. The molecule has 0 amide bonds. The van der Waals surface area contributed by atoms with E-state index in [0.29, 0.717) is 5.92 Å². The molecule has 1 N–H and O–H groups in total. The lowest BCUT2D eigenvalue weighted by Crippen LogP contribution is -2.09. The predicted octanol–water partition coefficient (Wildman–Crippen LogP) is 2.81. The summed E-state index contributed by atoms with van der Waals surface area (Å²) >= 11 is 0. The van der Waals surface area contributed by atoms with Gasteiger partial charge in [0, 0.05) is 12.7 Å². The van der Waals surface area contributed by atoms with Crippen LogP contribution in [0, 0.1) is 12.8 Å². The third-order valence-electron chi connectivity index (χ3n) is 2.77. The maximum Gasteiger partial charge on any atom is 0.271 e. The van der Waals surface area contributed by atoms with Crippen LogP contribution in [0.2, 0.25) is 0 Å². The van der Waals surface area contributed by atoms with Crippen LogP contribution in [-0.2, 0) is 6.54 Å². The van der Waals surface area contributed by atoms with Crippen LogP contribution in [0.3, 0.4) is 0 Å². The van der Waals surface area contributed by atoms with E-state index in [1.54, 1.807) is 0 Å². The molecule has 0 radical (unpaired) electrons. The minimum Gasteiger partial charge on any atom is -0.291 e. The second kappa shape index (κ2) is 4.62. The summed E-state index contributed by atoms with van der Waals surface area (Å²) in [5, 5.41) is 2.86. The predicted molar refractivity (Wildman–Crippen MR) is 70.1 cm³/mol. The van der Waals surface area contributed by atoms with Gasteiger partial charge in [0.05, 0.1) is 5.56 Å². The van der Waals surface area contributed by atoms with Gasteiger partial charge in [-0.25, -0.2) is 0 Å². The van der Waals surface area contributed by atoms with E-state index in [-0.39, 0.29) is 5.56 Å². The molecule has 0 unspecified atom stereocenters. The molecular formula is C14H18N2O. The van der Waals surface area contributed by atoms with Gasteiger partial charge in [0.2, 0.25) is 0 Å². The van der Waals surface area contributed by atoms with E-state index < -0.39 is 0 Å². The summed E-state index contributed by atoms with van der Waals surface area (Å²) in [6, 6.07) is 7.95. The first-order valence-corrected chi connectivity index (χ1v) is 5.93. The minimum absolute atomic E-state index is 0.0139. The molecule has 0 bridgehead atoms. The Balaban J connectivity index is 2.43. The van der Waals surface area contributed by atoms with Crippen molar-refractivity contribution in [3.05, 3.63) is 46.4 Å². The Kier molecular flexibility index (Phi) is 3.18. The number of rotatable bonds is 3. The SMILES string of the molecule is Cc1ccccc1-c1cn(CC(C)C)[nH]c1=O. The normalized spacial score (nSPS) is 11.1. The molecule has 0 saturated carbocycles. The minimum atomic E-state index is -0.0139. The van der Waals surface area contributed by atoms with E-state index in [2.05, 4.69) is 18.9 Å². The first-order chi connectivity index (χ1) is 8.08. The second-order valence-electron chi connectivity index (χ2n) is 4.84. The quantitative estimate of drug-likeness (QED) is 0.865. The molecule has 0 saturated heterocycles. The molecule has 1 aromatic heterocycles. The smallest absolute Gasteiger partial charge is 0.271 e. The first-order valence-electron chi connectivity index (χ1n) is 5.93. The molecule has 3 nitrogen and oxygen atoms in total. The molecular weight excluding hydrogens is 212 g/mol. The Morgan fingerprint density at radius 1 is 1.24 bits per heavy atom. The summed E-state index contributed by atoms with van der Waals surface area (Å²) < 4.78 is 1.87. The number of nitrogens with one attached hydrogen (secondary N) is 1. The number of nitrogens with zero attached hydrogens (tertiary/aromatic N) is 1. The molecule has 3 heteroatoms. The van der Waals surface area contributed by atoms with Crippen LogP contribution in [0.5, 0.6) is 0 Å². The lowest BCUT2D eigenvalue weighted by Gasteiger charge is -2.04. The van der Waals surface area contributed by atoms with Crippen LogP contribution in [0.4, 0.5) is 0 Å². The van der Waals surface area contributed by atoms with Crippen LogP contribution in [0.1, 0.15) is 19.4 Å². The highest BCUT2D eigenvalue weighted by molar-refractivity contribution is 5.65. The Hall–Kier alpha value is -1.77. The lowest BCUT2D eigenvalue weighted by molar-refractivity contribution is 0.481. The van der Waals surface area contributed by atoms with Crippen molar-refractivity contribution >= 4 is 0 Å². The van der Waals surface area contributed by atoms with Crippen molar-refractivity contribution in [2.24, 2.45) is 5.92 Å². The largest absolute Gasteiger partial charge is 0.291 e. The monoisotopic (exact) mass is 230 g/mol. The fourth-order valence-electron chi connectivity index (χ4n) is 2.00. The van der Waals surface area contributed by atoms with E-state index in [1.807, 2.05) is 42.1 Å².